The summed E-state index contributed by atoms with van der Waals surface area (Å²) in [6, 6.07) is 24.5. The molecule has 0 saturated carbocycles. The van der Waals surface area contributed by atoms with Crippen molar-refractivity contribution < 1.29 is 0 Å². The second kappa shape index (κ2) is 9.44. The van der Waals surface area contributed by atoms with Crippen molar-refractivity contribution in [1.82, 2.24) is 8.97 Å². The quantitative estimate of drug-likeness (QED) is 0.235. The Bertz CT molecular complexity index is 1580. The van der Waals surface area contributed by atoms with Crippen LogP contribution in [0.25, 0.3) is 28.0 Å². The topological polar surface area (TPSA) is 21.4 Å². The highest BCUT2D eigenvalue weighted by molar-refractivity contribution is 7.81. The lowest BCUT2D eigenvalue weighted by atomic mass is 9.97. The molecule has 5 aromatic rings. The van der Waals surface area contributed by atoms with Crippen molar-refractivity contribution in [2.75, 3.05) is 5.32 Å². The zero-order valence-corrected chi connectivity index (χ0v) is 22.2. The summed E-state index contributed by atoms with van der Waals surface area (Å²) in [5.74, 6) is 0. The van der Waals surface area contributed by atoms with E-state index >= 15 is 0 Å². The van der Waals surface area contributed by atoms with Gasteiger partial charge in [0.2, 0.25) is 0 Å². The Hall–Kier alpha value is -3.05. The summed E-state index contributed by atoms with van der Waals surface area (Å²) >= 11 is 18.4. The maximum atomic E-state index is 6.20. The second-order valence-electron chi connectivity index (χ2n) is 9.35. The molecule has 0 spiro atoms. The highest BCUT2D eigenvalue weighted by Gasteiger charge is 2.28. The highest BCUT2D eigenvalue weighted by Crippen LogP contribution is 2.40. The number of nitrogens with zero attached hydrogens (tertiary/aromatic N) is 2. The smallest absolute Gasteiger partial charge is 0.128 e. The van der Waals surface area contributed by atoms with Gasteiger partial charge in [-0.15, -0.1) is 0 Å². The lowest BCUT2D eigenvalue weighted by molar-refractivity contribution is 0.647. The number of halogens is 2. The van der Waals surface area contributed by atoms with Crippen LogP contribution in [0.5, 0.6) is 0 Å². The molecule has 3 aromatic carbocycles. The summed E-state index contributed by atoms with van der Waals surface area (Å²) < 4.78 is 4.75. The maximum absolute atomic E-state index is 6.20. The molecule has 6 rings (SSSR count). The van der Waals surface area contributed by atoms with Crippen LogP contribution in [0, 0.1) is 6.92 Å². The third-order valence-corrected chi connectivity index (χ3v) is 7.73. The molecule has 6 heteroatoms. The molecule has 1 aliphatic heterocycles. The van der Waals surface area contributed by atoms with E-state index in [1.807, 2.05) is 36.4 Å². The van der Waals surface area contributed by atoms with Crippen LogP contribution in [0.4, 0.5) is 5.69 Å². The SMILES string of the molecule is Cc1ccc(-c2c3c4n(c(-c5ccc(Cl)cc5)cn4c2C(=S)Nc2ccc(Cl)cc2)CCCC3)cc1. The molecule has 1 aliphatic rings. The lowest BCUT2D eigenvalue weighted by Gasteiger charge is -2.12. The molecule has 0 atom stereocenters. The number of hydrogen-bond acceptors (Lipinski definition) is 1. The molecule has 2 aromatic heterocycles. The third-order valence-electron chi connectivity index (χ3n) is 6.93. The van der Waals surface area contributed by atoms with Crippen LogP contribution >= 0.6 is 35.4 Å². The Morgan fingerprint density at radius 3 is 2.17 bits per heavy atom. The number of imidazole rings is 1. The third kappa shape index (κ3) is 4.13. The fourth-order valence-corrected chi connectivity index (χ4v) is 5.78. The number of rotatable bonds is 4. The molecule has 36 heavy (non-hydrogen) atoms. The summed E-state index contributed by atoms with van der Waals surface area (Å²) in [7, 11) is 0. The Labute approximate surface area is 226 Å². The number of nitrogens with one attached hydrogen (secondary N) is 1. The fraction of sp³-hybridized carbons (Fsp3) is 0.167. The van der Waals surface area contributed by atoms with Gasteiger partial charge in [-0.25, -0.2) is 0 Å². The van der Waals surface area contributed by atoms with E-state index in [9.17, 15) is 0 Å². The van der Waals surface area contributed by atoms with E-state index in [4.69, 9.17) is 35.4 Å². The first-order valence-electron chi connectivity index (χ1n) is 12.2. The van der Waals surface area contributed by atoms with Gasteiger partial charge in [0.05, 0.1) is 11.4 Å². The number of aromatic nitrogens is 2. The fourth-order valence-electron chi connectivity index (χ4n) is 5.21. The van der Waals surface area contributed by atoms with E-state index in [0.717, 1.165) is 47.8 Å². The Morgan fingerprint density at radius 1 is 0.833 bits per heavy atom. The summed E-state index contributed by atoms with van der Waals surface area (Å²) in [5.41, 5.74) is 10.5. The van der Waals surface area contributed by atoms with Crippen LogP contribution in [0.3, 0.4) is 0 Å². The van der Waals surface area contributed by atoms with E-state index in [1.165, 1.54) is 33.6 Å². The molecule has 0 fully saturated rings. The van der Waals surface area contributed by atoms with E-state index in [2.05, 4.69) is 63.8 Å². The first kappa shape index (κ1) is 23.4. The Kier molecular flexibility index (Phi) is 6.12. The van der Waals surface area contributed by atoms with Crippen LogP contribution in [0.15, 0.2) is 79.0 Å². The van der Waals surface area contributed by atoms with E-state index in [1.54, 1.807) is 0 Å². The predicted octanol–water partition coefficient (Wildman–Crippen LogP) is 8.81. The van der Waals surface area contributed by atoms with Crippen molar-refractivity contribution in [2.24, 2.45) is 0 Å². The van der Waals surface area contributed by atoms with E-state index < -0.39 is 0 Å². The van der Waals surface area contributed by atoms with Gasteiger partial charge in [-0.3, -0.25) is 4.40 Å². The zero-order chi connectivity index (χ0) is 24.8. The van der Waals surface area contributed by atoms with Gasteiger partial charge in [0.25, 0.3) is 0 Å². The number of thiocarbonyl (C=S) groups is 1. The van der Waals surface area contributed by atoms with Crippen LogP contribution in [0.2, 0.25) is 10.0 Å². The largest absolute Gasteiger partial charge is 0.345 e. The average Bonchev–Trinajstić information content (AvgIpc) is 3.29. The Balaban J connectivity index is 1.60. The molecule has 180 valence electrons. The predicted molar refractivity (Wildman–Crippen MR) is 156 cm³/mol. The van der Waals surface area contributed by atoms with Crippen molar-refractivity contribution in [2.45, 2.75) is 32.7 Å². The number of hydrogen-bond donors (Lipinski definition) is 1. The Morgan fingerprint density at radius 2 is 1.47 bits per heavy atom. The summed E-state index contributed by atoms with van der Waals surface area (Å²) in [6.07, 6.45) is 5.52. The van der Waals surface area contributed by atoms with Gasteiger partial charge >= 0.3 is 0 Å². The summed E-state index contributed by atoms with van der Waals surface area (Å²) in [6.45, 7) is 3.09. The molecule has 0 radical (unpaired) electrons. The first-order valence-corrected chi connectivity index (χ1v) is 13.3. The normalized spacial score (nSPS) is 13.1. The summed E-state index contributed by atoms with van der Waals surface area (Å²) in [5, 5.41) is 4.91. The average molecular weight is 531 g/mol. The number of aryl methyl sites for hydroxylation is 3. The number of benzene rings is 3. The van der Waals surface area contributed by atoms with E-state index in [0.29, 0.717) is 10.0 Å². The van der Waals surface area contributed by atoms with Crippen molar-refractivity contribution in [1.29, 1.82) is 0 Å². The van der Waals surface area contributed by atoms with Gasteiger partial charge in [0.1, 0.15) is 10.6 Å². The van der Waals surface area contributed by atoms with Crippen molar-refractivity contribution in [3.63, 3.8) is 0 Å². The van der Waals surface area contributed by atoms with Gasteiger partial charge in [0, 0.05) is 39.6 Å². The molecular weight excluding hydrogens is 505 g/mol. The van der Waals surface area contributed by atoms with Crippen LogP contribution in [-0.4, -0.2) is 14.0 Å². The summed E-state index contributed by atoms with van der Waals surface area (Å²) in [4.78, 5) is 0.689. The minimum absolute atomic E-state index is 0.689. The molecule has 0 amide bonds. The maximum Gasteiger partial charge on any atom is 0.128 e. The van der Waals surface area contributed by atoms with Crippen LogP contribution in [0.1, 0.15) is 29.7 Å². The standard InChI is InChI=1S/C30H25Cl2N3S/c1-19-5-7-21(8-6-19)27-25-4-2-3-17-34-26(20-9-11-22(31)12-10-20)18-35(30(25)34)28(27)29(36)33-24-15-13-23(32)14-16-24/h5-16,18H,2-4,17H2,1H3,(H,33,36). The van der Waals surface area contributed by atoms with Gasteiger partial charge in [0.15, 0.2) is 0 Å². The molecule has 1 N–H and O–H groups in total. The molecular formula is C30H25Cl2N3S. The molecule has 0 saturated heterocycles. The lowest BCUT2D eigenvalue weighted by Crippen LogP contribution is -2.14. The first-order chi connectivity index (χ1) is 17.5. The molecule has 0 unspecified atom stereocenters. The van der Waals surface area contributed by atoms with Crippen LogP contribution in [-0.2, 0) is 13.0 Å². The van der Waals surface area contributed by atoms with Gasteiger partial charge < -0.3 is 9.88 Å². The second-order valence-corrected chi connectivity index (χ2v) is 10.6. The van der Waals surface area contributed by atoms with Crippen molar-refractivity contribution in [3.8, 4) is 22.4 Å². The van der Waals surface area contributed by atoms with Crippen LogP contribution < -0.4 is 5.32 Å². The molecule has 0 aliphatic carbocycles. The number of anilines is 1. The van der Waals surface area contributed by atoms with Crippen molar-refractivity contribution >= 4 is 51.7 Å². The molecule has 0 bridgehead atoms. The molecule has 3 nitrogen and oxygen atoms in total. The minimum Gasteiger partial charge on any atom is -0.345 e. The van der Waals surface area contributed by atoms with E-state index in [-0.39, 0.29) is 0 Å². The van der Waals surface area contributed by atoms with Gasteiger partial charge in [-0.05, 0) is 73.7 Å². The zero-order valence-electron chi connectivity index (χ0n) is 19.9. The van der Waals surface area contributed by atoms with Gasteiger partial charge in [-0.1, -0.05) is 77.4 Å². The van der Waals surface area contributed by atoms with Crippen molar-refractivity contribution in [3.05, 3.63) is 106 Å². The monoisotopic (exact) mass is 529 g/mol. The van der Waals surface area contributed by atoms with Gasteiger partial charge in [-0.2, -0.15) is 0 Å². The molecule has 3 heterocycles. The minimum atomic E-state index is 0.689. The highest BCUT2D eigenvalue weighted by atomic mass is 35.5.